The highest BCUT2D eigenvalue weighted by Gasteiger charge is 2.67. The quantitative estimate of drug-likeness (QED) is 0.413. The Kier molecular flexibility index (Phi) is 6.31. The molecule has 2 N–H and O–H groups in total. The van der Waals surface area contributed by atoms with Crippen LogP contribution in [0.15, 0.2) is 12.2 Å². The van der Waals surface area contributed by atoms with Gasteiger partial charge in [-0.1, -0.05) is 48.1 Å². The zero-order valence-electron chi connectivity index (χ0n) is 23.1. The molecule has 4 aliphatic rings. The normalized spacial score (nSPS) is 49.3. The van der Waals surface area contributed by atoms with E-state index in [0.29, 0.717) is 28.1 Å². The summed E-state index contributed by atoms with van der Waals surface area (Å²) in [5.41, 5.74) is 1.44. The van der Waals surface area contributed by atoms with Crippen molar-refractivity contribution in [1.82, 2.24) is 0 Å². The molecule has 0 aliphatic heterocycles. The van der Waals surface area contributed by atoms with Gasteiger partial charge in [-0.15, -0.1) is 0 Å². The highest BCUT2D eigenvalue weighted by molar-refractivity contribution is 5.16. The third kappa shape index (κ3) is 3.62. The van der Waals surface area contributed by atoms with Gasteiger partial charge in [0.1, 0.15) is 0 Å². The molecule has 4 aliphatic carbocycles. The van der Waals surface area contributed by atoms with Crippen LogP contribution in [0.5, 0.6) is 0 Å². The summed E-state index contributed by atoms with van der Waals surface area (Å²) < 4.78 is 0. The van der Waals surface area contributed by atoms with E-state index in [1.54, 1.807) is 0 Å². The number of hydrogen-bond acceptors (Lipinski definition) is 2. The van der Waals surface area contributed by atoms with Crippen LogP contribution in [0.4, 0.5) is 0 Å². The third-order valence-corrected chi connectivity index (χ3v) is 13.2. The Morgan fingerprint density at radius 3 is 2.21 bits per heavy atom. The largest absolute Gasteiger partial charge is 0.393 e. The smallest absolute Gasteiger partial charge is 0.0823 e. The number of rotatable bonds is 5. The summed E-state index contributed by atoms with van der Waals surface area (Å²) in [4.78, 5) is 0. The van der Waals surface area contributed by atoms with Crippen molar-refractivity contribution in [2.24, 2.45) is 51.2 Å². The minimum atomic E-state index is -0.736. The lowest BCUT2D eigenvalue weighted by Gasteiger charge is -2.67. The molecule has 0 aromatic carbocycles. The first-order valence-electron chi connectivity index (χ1n) is 14.2. The maximum atomic E-state index is 10.8. The molecule has 2 nitrogen and oxygen atoms in total. The van der Waals surface area contributed by atoms with Gasteiger partial charge in [-0.2, -0.15) is 0 Å². The molecule has 10 atom stereocenters. The van der Waals surface area contributed by atoms with Crippen molar-refractivity contribution in [3.63, 3.8) is 0 Å². The molecule has 0 spiro atoms. The first kappa shape index (κ1) is 25.7. The van der Waals surface area contributed by atoms with E-state index < -0.39 is 5.60 Å². The summed E-state index contributed by atoms with van der Waals surface area (Å²) in [6.45, 7) is 23.0. The van der Waals surface area contributed by atoms with Crippen molar-refractivity contribution < 1.29 is 10.2 Å². The molecule has 33 heavy (non-hydrogen) atoms. The molecule has 4 fully saturated rings. The van der Waals surface area contributed by atoms with Gasteiger partial charge in [0.05, 0.1) is 11.7 Å². The van der Waals surface area contributed by atoms with Gasteiger partial charge in [0.2, 0.25) is 0 Å². The molecule has 10 unspecified atom stereocenters. The van der Waals surface area contributed by atoms with Gasteiger partial charge in [0.25, 0.3) is 0 Å². The standard InChI is InChI=1S/C31H54O2/c1-20(2)31(9,33)19-12-21(3)22-13-17-30(8)24-10-11-25-27(4,5)26(32)15-16-28(25,6)23(24)14-18-29(22,30)7/h21-26,32-33H,1,10-19H2,2-9H3. The van der Waals surface area contributed by atoms with Crippen molar-refractivity contribution in [1.29, 1.82) is 0 Å². The Labute approximate surface area is 205 Å². The van der Waals surface area contributed by atoms with E-state index in [1.807, 2.05) is 13.8 Å². The second-order valence-electron chi connectivity index (χ2n) is 14.8. The zero-order chi connectivity index (χ0) is 24.6. The molecule has 0 radical (unpaired) electrons. The molecular weight excluding hydrogens is 404 g/mol. The fourth-order valence-corrected chi connectivity index (χ4v) is 10.4. The Balaban J connectivity index is 1.56. The SMILES string of the molecule is C=C(C)C(C)(O)CCC(C)C1CCC2(C)C3CCC4C(C)(C)C(O)CCC4(C)C3CCC12C. The molecule has 190 valence electrons. The van der Waals surface area contributed by atoms with Crippen LogP contribution in [0.3, 0.4) is 0 Å². The van der Waals surface area contributed by atoms with Crippen LogP contribution >= 0.6 is 0 Å². The topological polar surface area (TPSA) is 40.5 Å². The average Bonchev–Trinajstić information content (AvgIpc) is 3.01. The monoisotopic (exact) mass is 458 g/mol. The van der Waals surface area contributed by atoms with Crippen LogP contribution in [-0.4, -0.2) is 21.9 Å². The van der Waals surface area contributed by atoms with E-state index in [-0.39, 0.29) is 11.5 Å². The summed E-state index contributed by atoms with van der Waals surface area (Å²) in [7, 11) is 0. The number of aliphatic hydroxyl groups is 2. The van der Waals surface area contributed by atoms with Crippen molar-refractivity contribution in [3.05, 3.63) is 12.2 Å². The number of fused-ring (bicyclic) bond motifs is 5. The molecule has 4 saturated carbocycles. The lowest BCUT2D eigenvalue weighted by Crippen LogP contribution is -2.61. The zero-order valence-corrected chi connectivity index (χ0v) is 23.1. The van der Waals surface area contributed by atoms with Crippen LogP contribution in [0.1, 0.15) is 120 Å². The number of hydrogen-bond donors (Lipinski definition) is 2. The van der Waals surface area contributed by atoms with Gasteiger partial charge >= 0.3 is 0 Å². The predicted molar refractivity (Wildman–Crippen MR) is 139 cm³/mol. The Bertz CT molecular complexity index is 767. The third-order valence-electron chi connectivity index (χ3n) is 13.2. The van der Waals surface area contributed by atoms with Crippen molar-refractivity contribution in [3.8, 4) is 0 Å². The van der Waals surface area contributed by atoms with Crippen LogP contribution in [0, 0.1) is 51.2 Å². The summed E-state index contributed by atoms with van der Waals surface area (Å²) in [5.74, 6) is 3.72. The average molecular weight is 459 g/mol. The van der Waals surface area contributed by atoms with E-state index in [4.69, 9.17) is 0 Å². The first-order valence-corrected chi connectivity index (χ1v) is 14.2. The highest BCUT2D eigenvalue weighted by Crippen LogP contribution is 2.74. The molecule has 0 aromatic heterocycles. The van der Waals surface area contributed by atoms with Crippen molar-refractivity contribution in [2.45, 2.75) is 131 Å². The molecule has 2 heteroatoms. The molecule has 4 rings (SSSR count). The van der Waals surface area contributed by atoms with E-state index in [2.05, 4.69) is 48.1 Å². The minimum absolute atomic E-state index is 0.0482. The maximum absolute atomic E-state index is 10.8. The van der Waals surface area contributed by atoms with Crippen LogP contribution in [-0.2, 0) is 0 Å². The highest BCUT2D eigenvalue weighted by atomic mass is 16.3. The molecule has 0 bridgehead atoms. The van der Waals surface area contributed by atoms with Gasteiger partial charge in [-0.05, 0) is 135 Å². The fraction of sp³-hybridized carbons (Fsp3) is 0.935. The van der Waals surface area contributed by atoms with Gasteiger partial charge < -0.3 is 10.2 Å². The van der Waals surface area contributed by atoms with Gasteiger partial charge in [0, 0.05) is 0 Å². The first-order chi connectivity index (χ1) is 15.1. The Morgan fingerprint density at radius 2 is 1.58 bits per heavy atom. The lowest BCUT2D eigenvalue weighted by molar-refractivity contribution is -0.200. The summed E-state index contributed by atoms with van der Waals surface area (Å²) in [6, 6.07) is 0. The van der Waals surface area contributed by atoms with E-state index >= 15 is 0 Å². The lowest BCUT2D eigenvalue weighted by atomic mass is 9.38. The molecule has 0 saturated heterocycles. The summed E-state index contributed by atoms with van der Waals surface area (Å²) in [5, 5.41) is 21.6. The van der Waals surface area contributed by atoms with Crippen LogP contribution < -0.4 is 0 Å². The summed E-state index contributed by atoms with van der Waals surface area (Å²) in [6.07, 6.45) is 12.1. The van der Waals surface area contributed by atoms with E-state index in [0.717, 1.165) is 42.6 Å². The van der Waals surface area contributed by atoms with E-state index in [1.165, 1.54) is 44.9 Å². The molecule has 0 aromatic rings. The van der Waals surface area contributed by atoms with Crippen molar-refractivity contribution >= 4 is 0 Å². The molecular formula is C31H54O2. The Morgan fingerprint density at radius 1 is 0.939 bits per heavy atom. The summed E-state index contributed by atoms with van der Waals surface area (Å²) >= 11 is 0. The molecule has 0 amide bonds. The van der Waals surface area contributed by atoms with E-state index in [9.17, 15) is 10.2 Å². The number of aliphatic hydroxyl groups excluding tert-OH is 1. The van der Waals surface area contributed by atoms with Gasteiger partial charge in [0.15, 0.2) is 0 Å². The van der Waals surface area contributed by atoms with Crippen molar-refractivity contribution in [2.75, 3.05) is 0 Å². The van der Waals surface area contributed by atoms with Crippen LogP contribution in [0.25, 0.3) is 0 Å². The predicted octanol–water partition coefficient (Wildman–Crippen LogP) is 7.78. The van der Waals surface area contributed by atoms with Gasteiger partial charge in [-0.3, -0.25) is 0 Å². The minimum Gasteiger partial charge on any atom is -0.393 e. The van der Waals surface area contributed by atoms with Gasteiger partial charge in [-0.25, -0.2) is 0 Å². The molecule has 0 heterocycles. The second kappa shape index (κ2) is 8.09. The Hall–Kier alpha value is -0.340. The fourth-order valence-electron chi connectivity index (χ4n) is 10.4. The second-order valence-corrected chi connectivity index (χ2v) is 14.8. The maximum Gasteiger partial charge on any atom is 0.0823 e. The van der Waals surface area contributed by atoms with Crippen LogP contribution in [0.2, 0.25) is 0 Å².